The van der Waals surface area contributed by atoms with Crippen LogP contribution >= 0.6 is 0 Å². The Balaban J connectivity index is 1.48. The first-order chi connectivity index (χ1) is 15.5. The topological polar surface area (TPSA) is 79.2 Å². The van der Waals surface area contributed by atoms with Gasteiger partial charge in [-0.1, -0.05) is 24.3 Å². The SMILES string of the molecule is CN(C(=O)c1cn2c(-c3ccc(-c4ccn[nH]4)cc3)cnc2cn1)c1ccc(F)c(F)c1. The number of nitrogens with zero attached hydrogens (tertiary/aromatic N) is 5. The van der Waals surface area contributed by atoms with Crippen LogP contribution in [0.4, 0.5) is 14.5 Å². The van der Waals surface area contributed by atoms with Crippen molar-refractivity contribution < 1.29 is 13.6 Å². The lowest BCUT2D eigenvalue weighted by Crippen LogP contribution is -2.27. The molecule has 3 heterocycles. The summed E-state index contributed by atoms with van der Waals surface area (Å²) in [6.45, 7) is 0. The average molecular weight is 430 g/mol. The highest BCUT2D eigenvalue weighted by Gasteiger charge is 2.18. The average Bonchev–Trinajstić information content (AvgIpc) is 3.50. The van der Waals surface area contributed by atoms with Crippen molar-refractivity contribution >= 4 is 17.2 Å². The molecule has 0 atom stereocenters. The molecule has 0 saturated heterocycles. The molecular weight excluding hydrogens is 414 g/mol. The normalized spacial score (nSPS) is 11.1. The number of H-pyrrole nitrogens is 1. The molecule has 0 saturated carbocycles. The standard InChI is InChI=1S/C23H16F2N6O/c1-30(16-6-7-17(24)18(25)10-16)23(32)20-13-31-21(11-27-22(31)12-26-20)15-4-2-14(3-5-15)19-8-9-28-29-19/h2-13H,1H3,(H,28,29). The van der Waals surface area contributed by atoms with Gasteiger partial charge in [-0.15, -0.1) is 0 Å². The monoisotopic (exact) mass is 430 g/mol. The number of rotatable bonds is 4. The predicted molar refractivity (Wildman–Crippen MR) is 115 cm³/mol. The van der Waals surface area contributed by atoms with Gasteiger partial charge in [0.05, 0.1) is 23.8 Å². The van der Waals surface area contributed by atoms with Crippen molar-refractivity contribution in [3.05, 3.63) is 90.6 Å². The quantitative estimate of drug-likeness (QED) is 0.460. The smallest absolute Gasteiger partial charge is 0.278 e. The lowest BCUT2D eigenvalue weighted by Gasteiger charge is -2.17. The molecule has 0 radical (unpaired) electrons. The number of aromatic nitrogens is 5. The van der Waals surface area contributed by atoms with Crippen LogP contribution in [0.25, 0.3) is 28.2 Å². The van der Waals surface area contributed by atoms with E-state index in [1.54, 1.807) is 23.0 Å². The lowest BCUT2D eigenvalue weighted by molar-refractivity contribution is 0.0987. The zero-order valence-corrected chi connectivity index (χ0v) is 16.8. The summed E-state index contributed by atoms with van der Waals surface area (Å²) in [6, 6.07) is 13.0. The van der Waals surface area contributed by atoms with Crippen LogP contribution in [0.15, 0.2) is 73.3 Å². The molecule has 0 aliphatic carbocycles. The van der Waals surface area contributed by atoms with Crippen LogP contribution in [0.3, 0.4) is 0 Å². The van der Waals surface area contributed by atoms with Crippen molar-refractivity contribution in [1.82, 2.24) is 24.6 Å². The Labute approximate surface area is 181 Å². The Morgan fingerprint density at radius 3 is 2.47 bits per heavy atom. The van der Waals surface area contributed by atoms with E-state index < -0.39 is 17.5 Å². The van der Waals surface area contributed by atoms with Gasteiger partial charge < -0.3 is 4.90 Å². The number of nitrogens with one attached hydrogen (secondary N) is 1. The Morgan fingerprint density at radius 2 is 1.75 bits per heavy atom. The van der Waals surface area contributed by atoms with Gasteiger partial charge in [0.2, 0.25) is 0 Å². The van der Waals surface area contributed by atoms with Gasteiger partial charge in [0.15, 0.2) is 17.3 Å². The minimum atomic E-state index is -1.03. The van der Waals surface area contributed by atoms with Gasteiger partial charge in [-0.2, -0.15) is 5.10 Å². The van der Waals surface area contributed by atoms with Gasteiger partial charge in [-0.05, 0) is 23.8 Å². The van der Waals surface area contributed by atoms with Gasteiger partial charge >= 0.3 is 0 Å². The number of imidazole rings is 1. The molecule has 2 aromatic carbocycles. The molecule has 5 aromatic rings. The minimum Gasteiger partial charge on any atom is -0.310 e. The summed E-state index contributed by atoms with van der Waals surface area (Å²) in [6.07, 6.45) is 6.47. The number of anilines is 1. The first-order valence-electron chi connectivity index (χ1n) is 9.67. The summed E-state index contributed by atoms with van der Waals surface area (Å²) in [4.78, 5) is 22.7. The molecule has 3 aromatic heterocycles. The number of benzene rings is 2. The third-order valence-electron chi connectivity index (χ3n) is 5.20. The van der Waals surface area contributed by atoms with Crippen LogP contribution in [0.2, 0.25) is 0 Å². The molecule has 0 aliphatic heterocycles. The van der Waals surface area contributed by atoms with Gasteiger partial charge in [0, 0.05) is 36.8 Å². The molecule has 0 spiro atoms. The van der Waals surface area contributed by atoms with E-state index in [9.17, 15) is 13.6 Å². The second-order valence-corrected chi connectivity index (χ2v) is 7.15. The number of halogens is 2. The van der Waals surface area contributed by atoms with Crippen LogP contribution < -0.4 is 4.90 Å². The van der Waals surface area contributed by atoms with Crippen molar-refractivity contribution in [1.29, 1.82) is 0 Å². The summed E-state index contributed by atoms with van der Waals surface area (Å²) in [5.74, 6) is -2.47. The number of aromatic amines is 1. The van der Waals surface area contributed by atoms with Crippen LogP contribution in [-0.2, 0) is 0 Å². The van der Waals surface area contributed by atoms with E-state index in [0.717, 1.165) is 34.6 Å². The fourth-order valence-electron chi connectivity index (χ4n) is 3.43. The molecule has 158 valence electrons. The van der Waals surface area contributed by atoms with Crippen molar-refractivity contribution in [3.63, 3.8) is 0 Å². The van der Waals surface area contributed by atoms with E-state index in [-0.39, 0.29) is 11.4 Å². The highest BCUT2D eigenvalue weighted by Crippen LogP contribution is 2.25. The zero-order valence-electron chi connectivity index (χ0n) is 16.8. The maximum Gasteiger partial charge on any atom is 0.278 e. The number of fused-ring (bicyclic) bond motifs is 1. The summed E-state index contributed by atoms with van der Waals surface area (Å²) in [5.41, 5.74) is 4.51. The third-order valence-corrected chi connectivity index (χ3v) is 5.20. The molecule has 7 nitrogen and oxygen atoms in total. The molecule has 5 rings (SSSR count). The van der Waals surface area contributed by atoms with E-state index in [4.69, 9.17) is 0 Å². The Hall–Kier alpha value is -4.40. The van der Waals surface area contributed by atoms with Crippen LogP contribution in [0, 0.1) is 11.6 Å². The van der Waals surface area contributed by atoms with Gasteiger partial charge in [0.25, 0.3) is 5.91 Å². The first-order valence-corrected chi connectivity index (χ1v) is 9.67. The number of carbonyl (C=O) groups is 1. The molecule has 32 heavy (non-hydrogen) atoms. The fourth-order valence-corrected chi connectivity index (χ4v) is 3.43. The zero-order chi connectivity index (χ0) is 22.2. The van der Waals surface area contributed by atoms with Crippen LogP contribution in [-0.4, -0.2) is 37.5 Å². The molecule has 0 aliphatic rings. The van der Waals surface area contributed by atoms with Gasteiger partial charge in [-0.3, -0.25) is 14.3 Å². The highest BCUT2D eigenvalue weighted by atomic mass is 19.2. The lowest BCUT2D eigenvalue weighted by atomic mass is 10.1. The fraction of sp³-hybridized carbons (Fsp3) is 0.0435. The Morgan fingerprint density at radius 1 is 0.969 bits per heavy atom. The summed E-state index contributed by atoms with van der Waals surface area (Å²) in [5, 5.41) is 6.89. The molecular formula is C23H16F2N6O. The molecule has 0 unspecified atom stereocenters. The molecule has 0 bridgehead atoms. The van der Waals surface area contributed by atoms with Gasteiger partial charge in [0.1, 0.15) is 5.69 Å². The van der Waals surface area contributed by atoms with Crippen LogP contribution in [0.5, 0.6) is 0 Å². The Bertz CT molecular complexity index is 1430. The molecule has 1 amide bonds. The van der Waals surface area contributed by atoms with Crippen molar-refractivity contribution in [3.8, 4) is 22.5 Å². The summed E-state index contributed by atoms with van der Waals surface area (Å²) >= 11 is 0. The van der Waals surface area contributed by atoms with E-state index in [2.05, 4.69) is 20.2 Å². The van der Waals surface area contributed by atoms with Crippen molar-refractivity contribution in [2.24, 2.45) is 0 Å². The van der Waals surface area contributed by atoms with Crippen molar-refractivity contribution in [2.75, 3.05) is 11.9 Å². The molecule has 1 N–H and O–H groups in total. The Kier molecular flexibility index (Phi) is 4.70. The summed E-state index contributed by atoms with van der Waals surface area (Å²) < 4.78 is 28.6. The van der Waals surface area contributed by atoms with E-state index >= 15 is 0 Å². The van der Waals surface area contributed by atoms with Crippen molar-refractivity contribution in [2.45, 2.75) is 0 Å². The third kappa shape index (κ3) is 3.39. The van der Waals surface area contributed by atoms with Crippen LogP contribution in [0.1, 0.15) is 10.5 Å². The number of hydrogen-bond acceptors (Lipinski definition) is 4. The number of hydrogen-bond donors (Lipinski definition) is 1. The van der Waals surface area contributed by atoms with E-state index in [0.29, 0.717) is 5.65 Å². The highest BCUT2D eigenvalue weighted by molar-refractivity contribution is 6.04. The second kappa shape index (κ2) is 7.69. The molecule has 0 fully saturated rings. The number of amides is 1. The van der Waals surface area contributed by atoms with Gasteiger partial charge in [-0.25, -0.2) is 18.7 Å². The van der Waals surface area contributed by atoms with E-state index in [1.807, 2.05) is 30.3 Å². The maximum atomic E-state index is 13.6. The predicted octanol–water partition coefficient (Wildman–Crippen LogP) is 4.34. The minimum absolute atomic E-state index is 0.137. The molecule has 9 heteroatoms. The number of carbonyl (C=O) groups excluding carboxylic acids is 1. The largest absolute Gasteiger partial charge is 0.310 e. The first kappa shape index (κ1) is 19.6. The van der Waals surface area contributed by atoms with E-state index in [1.165, 1.54) is 24.2 Å². The second-order valence-electron chi connectivity index (χ2n) is 7.15. The maximum absolute atomic E-state index is 13.6. The summed E-state index contributed by atoms with van der Waals surface area (Å²) in [7, 11) is 1.48.